The minimum atomic E-state index is 0. The molecular weight excluding hydrogens is 175 g/mol. The Hall–Kier alpha value is 1.31. The summed E-state index contributed by atoms with van der Waals surface area (Å²) in [4.78, 5) is 10.1. The van der Waals surface area contributed by atoms with Gasteiger partial charge in [0.15, 0.2) is 0 Å². The summed E-state index contributed by atoms with van der Waals surface area (Å²) in [7, 11) is 0. The van der Waals surface area contributed by atoms with Crippen LogP contribution in [-0.2, 0) is 4.79 Å². The van der Waals surface area contributed by atoms with Gasteiger partial charge in [-0.15, -0.1) is 0 Å². The van der Waals surface area contributed by atoms with Gasteiger partial charge >= 0.3 is 51.4 Å². The van der Waals surface area contributed by atoms with Crippen molar-refractivity contribution in [3.8, 4) is 0 Å². The summed E-state index contributed by atoms with van der Waals surface area (Å²) in [6.45, 7) is 6.63. The van der Waals surface area contributed by atoms with Crippen LogP contribution in [0, 0.1) is 11.8 Å². The summed E-state index contributed by atoms with van der Waals surface area (Å²) in [6.07, 6.45) is 5.53. The topological polar surface area (TPSA) is 17.1 Å². The summed E-state index contributed by atoms with van der Waals surface area (Å²) in [5, 5.41) is 0. The standard InChI is InChI=1S/C10H20O.K.H/c1-9(2)5-4-6-10(3)7-8-11;;/h8-10H,4-7H2,1-3H3;;. The van der Waals surface area contributed by atoms with Crippen LogP contribution >= 0.6 is 0 Å². The normalized spacial score (nSPS) is 12.3. The molecule has 0 aliphatic carbocycles. The van der Waals surface area contributed by atoms with Crippen molar-refractivity contribution >= 4 is 57.7 Å². The second kappa shape index (κ2) is 10.4. The van der Waals surface area contributed by atoms with Crippen LogP contribution in [0.4, 0.5) is 0 Å². The monoisotopic (exact) mass is 196 g/mol. The van der Waals surface area contributed by atoms with E-state index < -0.39 is 0 Å². The fourth-order valence-electron chi connectivity index (χ4n) is 1.16. The van der Waals surface area contributed by atoms with Crippen LogP contribution in [0.2, 0.25) is 0 Å². The molecule has 0 bridgehead atoms. The zero-order valence-corrected chi connectivity index (χ0v) is 7.97. The predicted molar refractivity (Wildman–Crippen MR) is 55.7 cm³/mol. The third kappa shape index (κ3) is 11.3. The third-order valence-corrected chi connectivity index (χ3v) is 1.98. The van der Waals surface area contributed by atoms with Crippen LogP contribution in [0.5, 0.6) is 0 Å². The molecule has 0 saturated carbocycles. The van der Waals surface area contributed by atoms with Gasteiger partial charge < -0.3 is 4.79 Å². The van der Waals surface area contributed by atoms with E-state index in [1.807, 2.05) is 0 Å². The molecule has 68 valence electrons. The van der Waals surface area contributed by atoms with Crippen LogP contribution in [0.25, 0.3) is 0 Å². The molecule has 0 radical (unpaired) electrons. The number of hydrogen-bond acceptors (Lipinski definition) is 1. The van der Waals surface area contributed by atoms with Crippen molar-refractivity contribution in [3.05, 3.63) is 0 Å². The molecule has 0 aromatic rings. The van der Waals surface area contributed by atoms with Crippen LogP contribution < -0.4 is 0 Å². The Morgan fingerprint density at radius 2 is 1.75 bits per heavy atom. The Labute approximate surface area is 119 Å². The van der Waals surface area contributed by atoms with Gasteiger partial charge in [0.2, 0.25) is 0 Å². The Balaban J connectivity index is 0. The molecule has 0 heterocycles. The molecule has 0 amide bonds. The Morgan fingerprint density at radius 3 is 2.17 bits per heavy atom. The fourth-order valence-corrected chi connectivity index (χ4v) is 1.16. The average molecular weight is 196 g/mol. The van der Waals surface area contributed by atoms with Crippen LogP contribution in [0.3, 0.4) is 0 Å². The SMILES string of the molecule is CC(C)CCCC(C)CC=O.[KH]. The van der Waals surface area contributed by atoms with Crippen LogP contribution in [0.1, 0.15) is 46.5 Å². The van der Waals surface area contributed by atoms with E-state index in [4.69, 9.17) is 0 Å². The van der Waals surface area contributed by atoms with Gasteiger partial charge in [0.1, 0.15) is 6.29 Å². The first-order valence-corrected chi connectivity index (χ1v) is 4.60. The van der Waals surface area contributed by atoms with Gasteiger partial charge in [0, 0.05) is 6.42 Å². The molecule has 0 aromatic heterocycles. The molecule has 2 heteroatoms. The van der Waals surface area contributed by atoms with Crippen molar-refractivity contribution in [3.63, 3.8) is 0 Å². The number of hydrogen-bond donors (Lipinski definition) is 0. The van der Waals surface area contributed by atoms with Gasteiger partial charge in [0.05, 0.1) is 0 Å². The van der Waals surface area contributed by atoms with Gasteiger partial charge in [-0.3, -0.25) is 0 Å². The molecule has 1 nitrogen and oxygen atoms in total. The molecule has 0 aliphatic rings. The number of carbonyl (C=O) groups excluding carboxylic acids is 1. The summed E-state index contributed by atoms with van der Waals surface area (Å²) in [5.41, 5.74) is 0. The predicted octanol–water partition coefficient (Wildman–Crippen LogP) is 2.39. The molecule has 0 fully saturated rings. The molecule has 0 saturated heterocycles. The molecule has 12 heavy (non-hydrogen) atoms. The maximum atomic E-state index is 10.1. The molecule has 0 N–H and O–H groups in total. The van der Waals surface area contributed by atoms with E-state index in [1.165, 1.54) is 19.3 Å². The van der Waals surface area contributed by atoms with E-state index in [9.17, 15) is 4.79 Å². The molecule has 0 aromatic carbocycles. The molecule has 0 rings (SSSR count). The van der Waals surface area contributed by atoms with Gasteiger partial charge in [-0.05, 0) is 11.8 Å². The zero-order chi connectivity index (χ0) is 8.69. The molecule has 1 atom stereocenters. The molecule has 0 spiro atoms. The molecular formula is C10H21KO. The van der Waals surface area contributed by atoms with Crippen LogP contribution in [0.15, 0.2) is 0 Å². The molecule has 1 unspecified atom stereocenters. The first-order chi connectivity index (χ1) is 5.16. The van der Waals surface area contributed by atoms with Crippen molar-refractivity contribution < 1.29 is 4.79 Å². The third-order valence-electron chi connectivity index (χ3n) is 1.98. The van der Waals surface area contributed by atoms with E-state index in [1.54, 1.807) is 0 Å². The van der Waals surface area contributed by atoms with E-state index in [0.29, 0.717) is 5.92 Å². The number of rotatable bonds is 6. The van der Waals surface area contributed by atoms with E-state index in [-0.39, 0.29) is 51.4 Å². The first-order valence-electron chi connectivity index (χ1n) is 4.60. The number of carbonyl (C=O) groups is 1. The Bertz CT molecular complexity index is 102. The van der Waals surface area contributed by atoms with Crippen molar-refractivity contribution in [1.29, 1.82) is 0 Å². The van der Waals surface area contributed by atoms with E-state index >= 15 is 0 Å². The van der Waals surface area contributed by atoms with Crippen molar-refractivity contribution in [2.75, 3.05) is 0 Å². The first kappa shape index (κ1) is 15.8. The summed E-state index contributed by atoms with van der Waals surface area (Å²) in [6, 6.07) is 0. The summed E-state index contributed by atoms with van der Waals surface area (Å²) < 4.78 is 0. The summed E-state index contributed by atoms with van der Waals surface area (Å²) in [5.74, 6) is 1.39. The van der Waals surface area contributed by atoms with Crippen molar-refractivity contribution in [2.45, 2.75) is 46.5 Å². The second-order valence-electron chi connectivity index (χ2n) is 3.83. The molecule has 0 aliphatic heterocycles. The van der Waals surface area contributed by atoms with Gasteiger partial charge in [-0.25, -0.2) is 0 Å². The van der Waals surface area contributed by atoms with Crippen molar-refractivity contribution in [2.24, 2.45) is 11.8 Å². The maximum absolute atomic E-state index is 10.1. The fraction of sp³-hybridized carbons (Fsp3) is 0.900. The van der Waals surface area contributed by atoms with E-state index in [2.05, 4.69) is 20.8 Å². The van der Waals surface area contributed by atoms with Gasteiger partial charge in [-0.1, -0.05) is 40.0 Å². The number of aldehydes is 1. The van der Waals surface area contributed by atoms with Gasteiger partial charge in [0.25, 0.3) is 0 Å². The van der Waals surface area contributed by atoms with Crippen molar-refractivity contribution in [1.82, 2.24) is 0 Å². The average Bonchev–Trinajstić information content (AvgIpc) is 1.87. The van der Waals surface area contributed by atoms with Gasteiger partial charge in [-0.2, -0.15) is 0 Å². The zero-order valence-electron chi connectivity index (χ0n) is 7.97. The van der Waals surface area contributed by atoms with E-state index in [0.717, 1.165) is 18.6 Å². The Morgan fingerprint density at radius 1 is 1.17 bits per heavy atom. The quantitative estimate of drug-likeness (QED) is 0.471. The summed E-state index contributed by atoms with van der Waals surface area (Å²) >= 11 is 0. The second-order valence-corrected chi connectivity index (χ2v) is 3.83. The Kier molecular flexibility index (Phi) is 13.6. The minimum absolute atomic E-state index is 0. The van der Waals surface area contributed by atoms with Crippen LogP contribution in [-0.4, -0.2) is 57.7 Å².